The average Bonchev–Trinajstić information content (AvgIpc) is 3.69. The quantitative estimate of drug-likeness (QED) is 0.163. The molecule has 0 spiro atoms. The second-order valence-corrected chi connectivity index (χ2v) is 14.4. The second-order valence-electron chi connectivity index (χ2n) is 14.4. The number of hydrogen-bond donors (Lipinski definition) is 0. The Balaban J connectivity index is 1.08. The summed E-state index contributed by atoms with van der Waals surface area (Å²) in [6.45, 7) is 0. The monoisotopic (exact) mass is 742 g/mol. The van der Waals surface area contributed by atoms with Gasteiger partial charge in [0.15, 0.2) is 17.5 Å². The normalized spacial score (nSPS) is 11.4. The van der Waals surface area contributed by atoms with Crippen molar-refractivity contribution in [2.75, 3.05) is 4.90 Å². The molecular weight excluding hydrogens is 709 g/mol. The molecule has 0 saturated heterocycles. The Morgan fingerprint density at radius 3 is 1.59 bits per heavy atom. The van der Waals surface area contributed by atoms with Crippen molar-refractivity contribution < 1.29 is 4.42 Å². The lowest BCUT2D eigenvalue weighted by Gasteiger charge is -2.26. The number of aromatic nitrogens is 3. The summed E-state index contributed by atoms with van der Waals surface area (Å²) in [7, 11) is 0. The van der Waals surface area contributed by atoms with Crippen LogP contribution in [0, 0.1) is 0 Å². The summed E-state index contributed by atoms with van der Waals surface area (Å²) in [6.07, 6.45) is 0. The molecule has 0 N–H and O–H groups in total. The fraction of sp³-hybridized carbons (Fsp3) is 0. The van der Waals surface area contributed by atoms with Crippen molar-refractivity contribution in [3.8, 4) is 45.3 Å². The molecule has 58 heavy (non-hydrogen) atoms. The minimum atomic E-state index is 0.625. The number of nitrogens with zero attached hydrogens (tertiary/aromatic N) is 4. The Morgan fingerprint density at radius 1 is 0.362 bits per heavy atom. The minimum Gasteiger partial charge on any atom is -0.455 e. The van der Waals surface area contributed by atoms with E-state index in [0.29, 0.717) is 17.5 Å². The molecule has 2 aromatic heterocycles. The maximum Gasteiger partial charge on any atom is 0.164 e. The van der Waals surface area contributed by atoms with Gasteiger partial charge < -0.3 is 9.32 Å². The molecule has 0 aliphatic heterocycles. The van der Waals surface area contributed by atoms with E-state index in [1.54, 1.807) is 0 Å². The fourth-order valence-corrected chi connectivity index (χ4v) is 8.11. The van der Waals surface area contributed by atoms with Crippen molar-refractivity contribution >= 4 is 60.5 Å². The van der Waals surface area contributed by atoms with Gasteiger partial charge in [0.1, 0.15) is 11.2 Å². The SMILES string of the molecule is c1ccc(-c2nc(-c3ccccc3)nc(-c3ccc(-c4cc5c(oc6cccc(N(c7ccccc7)c7ccc8ccccc8c7)c65)c5ccccc45)cc3)n2)cc1. The highest BCUT2D eigenvalue weighted by atomic mass is 16.3. The number of fused-ring (bicyclic) bond motifs is 6. The molecule has 0 bridgehead atoms. The van der Waals surface area contributed by atoms with E-state index in [1.807, 2.05) is 60.7 Å². The van der Waals surface area contributed by atoms with Gasteiger partial charge in [-0.1, -0.05) is 164 Å². The number of rotatable bonds is 7. The van der Waals surface area contributed by atoms with Crippen LogP contribution in [0.5, 0.6) is 0 Å². The molecular formula is C53H34N4O. The zero-order chi connectivity index (χ0) is 38.4. The third kappa shape index (κ3) is 5.85. The highest BCUT2D eigenvalue weighted by Gasteiger charge is 2.22. The molecule has 5 nitrogen and oxygen atoms in total. The predicted molar refractivity (Wildman–Crippen MR) is 239 cm³/mol. The lowest BCUT2D eigenvalue weighted by Crippen LogP contribution is -2.10. The Morgan fingerprint density at radius 2 is 0.914 bits per heavy atom. The van der Waals surface area contributed by atoms with Gasteiger partial charge in [0, 0.05) is 38.8 Å². The molecule has 0 atom stereocenters. The summed E-state index contributed by atoms with van der Waals surface area (Å²) in [5.41, 5.74) is 9.91. The molecule has 9 aromatic carbocycles. The van der Waals surface area contributed by atoms with Crippen LogP contribution in [0.15, 0.2) is 211 Å². The van der Waals surface area contributed by atoms with E-state index in [2.05, 4.69) is 150 Å². The van der Waals surface area contributed by atoms with Gasteiger partial charge in [0.25, 0.3) is 0 Å². The predicted octanol–water partition coefficient (Wildman–Crippen LogP) is 14.2. The van der Waals surface area contributed by atoms with Crippen molar-refractivity contribution in [1.29, 1.82) is 0 Å². The molecule has 272 valence electrons. The average molecular weight is 743 g/mol. The molecule has 0 aliphatic rings. The van der Waals surface area contributed by atoms with Crippen LogP contribution < -0.4 is 4.90 Å². The number of para-hydroxylation sites is 1. The third-order valence-corrected chi connectivity index (χ3v) is 10.9. The number of furan rings is 1. The van der Waals surface area contributed by atoms with Crippen molar-refractivity contribution in [3.63, 3.8) is 0 Å². The first kappa shape index (κ1) is 33.4. The Kier molecular flexibility index (Phi) is 8.07. The second kappa shape index (κ2) is 14.0. The first-order valence-electron chi connectivity index (χ1n) is 19.4. The first-order chi connectivity index (χ1) is 28.7. The zero-order valence-corrected chi connectivity index (χ0v) is 31.3. The van der Waals surface area contributed by atoms with Gasteiger partial charge >= 0.3 is 0 Å². The standard InChI is InChI=1S/C53H34N4O/c1-4-16-37(17-5-1)51-54-52(38-18-6-2-7-19-38)56-53(55-51)39-29-27-36(28-30-39)45-34-46-49-47(25-14-26-48(49)58-50(46)44-24-13-12-23-43(44)45)57(41-21-8-3-9-22-41)42-32-31-35-15-10-11-20-40(35)33-42/h1-34H. The number of hydrogen-bond acceptors (Lipinski definition) is 5. The molecule has 0 fully saturated rings. The van der Waals surface area contributed by atoms with Crippen LogP contribution in [0.2, 0.25) is 0 Å². The van der Waals surface area contributed by atoms with Crippen LogP contribution >= 0.6 is 0 Å². The van der Waals surface area contributed by atoms with Gasteiger partial charge in [0.05, 0.1) is 11.1 Å². The molecule has 5 heteroatoms. The Labute approximate surface area is 335 Å². The highest BCUT2D eigenvalue weighted by Crippen LogP contribution is 2.46. The van der Waals surface area contributed by atoms with Crippen molar-refractivity contribution in [2.45, 2.75) is 0 Å². The molecule has 0 saturated carbocycles. The molecule has 0 aliphatic carbocycles. The van der Waals surface area contributed by atoms with Crippen LogP contribution in [0.1, 0.15) is 0 Å². The molecule has 0 radical (unpaired) electrons. The first-order valence-corrected chi connectivity index (χ1v) is 19.4. The summed E-state index contributed by atoms with van der Waals surface area (Å²) in [5, 5.41) is 6.70. The van der Waals surface area contributed by atoms with Gasteiger partial charge in [-0.3, -0.25) is 0 Å². The van der Waals surface area contributed by atoms with Crippen LogP contribution in [-0.2, 0) is 0 Å². The Hall–Kier alpha value is -7.89. The summed E-state index contributed by atoms with van der Waals surface area (Å²) in [5.74, 6) is 1.90. The molecule has 0 amide bonds. The van der Waals surface area contributed by atoms with Crippen LogP contribution in [0.25, 0.3) is 88.8 Å². The van der Waals surface area contributed by atoms with Gasteiger partial charge in [-0.2, -0.15) is 0 Å². The fourth-order valence-electron chi connectivity index (χ4n) is 8.11. The molecule has 0 unspecified atom stereocenters. The van der Waals surface area contributed by atoms with E-state index in [-0.39, 0.29) is 0 Å². The van der Waals surface area contributed by atoms with Crippen molar-refractivity contribution in [2.24, 2.45) is 0 Å². The largest absolute Gasteiger partial charge is 0.455 e. The van der Waals surface area contributed by atoms with Gasteiger partial charge in [-0.05, 0) is 69.8 Å². The summed E-state index contributed by atoms with van der Waals surface area (Å²) >= 11 is 0. The van der Waals surface area contributed by atoms with Gasteiger partial charge in [-0.15, -0.1) is 0 Å². The van der Waals surface area contributed by atoms with E-state index in [4.69, 9.17) is 19.4 Å². The smallest absolute Gasteiger partial charge is 0.164 e. The summed E-state index contributed by atoms with van der Waals surface area (Å²) < 4.78 is 6.81. The van der Waals surface area contributed by atoms with E-state index >= 15 is 0 Å². The maximum atomic E-state index is 6.81. The van der Waals surface area contributed by atoms with Gasteiger partial charge in [-0.25, -0.2) is 15.0 Å². The van der Waals surface area contributed by atoms with Crippen LogP contribution in [-0.4, -0.2) is 15.0 Å². The molecule has 2 heterocycles. The molecule has 11 aromatic rings. The Bertz CT molecular complexity index is 3210. The van der Waals surface area contributed by atoms with E-state index < -0.39 is 0 Å². The minimum absolute atomic E-state index is 0.625. The van der Waals surface area contributed by atoms with Crippen molar-refractivity contribution in [1.82, 2.24) is 15.0 Å². The highest BCUT2D eigenvalue weighted by molar-refractivity contribution is 6.22. The zero-order valence-electron chi connectivity index (χ0n) is 31.3. The van der Waals surface area contributed by atoms with Crippen LogP contribution in [0.4, 0.5) is 17.1 Å². The van der Waals surface area contributed by atoms with E-state index in [1.165, 1.54) is 10.8 Å². The topological polar surface area (TPSA) is 55.1 Å². The van der Waals surface area contributed by atoms with Crippen LogP contribution in [0.3, 0.4) is 0 Å². The number of benzene rings is 9. The van der Waals surface area contributed by atoms with Crippen molar-refractivity contribution in [3.05, 3.63) is 206 Å². The summed E-state index contributed by atoms with van der Waals surface area (Å²) in [4.78, 5) is 17.2. The maximum absolute atomic E-state index is 6.81. The lowest BCUT2D eigenvalue weighted by atomic mass is 9.94. The lowest BCUT2D eigenvalue weighted by molar-refractivity contribution is 0.672. The molecule has 11 rings (SSSR count). The van der Waals surface area contributed by atoms with Gasteiger partial charge in [0.2, 0.25) is 0 Å². The van der Waals surface area contributed by atoms with E-state index in [0.717, 1.165) is 77.6 Å². The third-order valence-electron chi connectivity index (χ3n) is 10.9. The number of anilines is 3. The summed E-state index contributed by atoms with van der Waals surface area (Å²) in [6, 6.07) is 71.7. The van der Waals surface area contributed by atoms with E-state index in [9.17, 15) is 0 Å².